The Hall–Kier alpha value is -2.85. The molecule has 1 aromatic carbocycles. The van der Waals surface area contributed by atoms with Crippen molar-refractivity contribution in [3.05, 3.63) is 45.8 Å². The smallest absolute Gasteiger partial charge is 0.341 e. The molecule has 8 nitrogen and oxygen atoms in total. The highest BCUT2D eigenvalue weighted by Gasteiger charge is 2.26. The quantitative estimate of drug-likeness (QED) is 0.243. The van der Waals surface area contributed by atoms with Crippen LogP contribution in [0.25, 0.3) is 11.4 Å². The fourth-order valence-corrected chi connectivity index (χ4v) is 5.67. The highest BCUT2D eigenvalue weighted by atomic mass is 32.2. The lowest BCUT2D eigenvalue weighted by Gasteiger charge is -2.07. The molecular formula is C22H25N5O3S2. The topological polar surface area (TPSA) is 112 Å². The fraction of sp³-hybridized carbons (Fsp3) is 0.364. The number of aromatic nitrogens is 3. The number of thioether (sulfide) groups is 1. The van der Waals surface area contributed by atoms with Gasteiger partial charge in [-0.2, -0.15) is 0 Å². The third-order valence-electron chi connectivity index (χ3n) is 5.37. The normalized spacial score (nSPS) is 13.3. The van der Waals surface area contributed by atoms with Gasteiger partial charge in [0.15, 0.2) is 5.82 Å². The highest BCUT2D eigenvalue weighted by Crippen LogP contribution is 2.38. The maximum Gasteiger partial charge on any atom is 0.341 e. The Kier molecular flexibility index (Phi) is 6.80. The number of nitrogens with zero attached hydrogens (tertiary/aromatic N) is 3. The van der Waals surface area contributed by atoms with Gasteiger partial charge in [-0.1, -0.05) is 48.0 Å². The molecule has 4 rings (SSSR count). The van der Waals surface area contributed by atoms with Gasteiger partial charge in [0.05, 0.1) is 18.4 Å². The van der Waals surface area contributed by atoms with Gasteiger partial charge >= 0.3 is 5.97 Å². The average Bonchev–Trinajstić information content (AvgIpc) is 3.23. The summed E-state index contributed by atoms with van der Waals surface area (Å²) in [6.07, 6.45) is 5.02. The van der Waals surface area contributed by atoms with Crippen LogP contribution in [-0.2, 0) is 22.4 Å². The van der Waals surface area contributed by atoms with Gasteiger partial charge in [0.1, 0.15) is 5.00 Å². The molecule has 0 atom stereocenters. The van der Waals surface area contributed by atoms with E-state index in [1.165, 1.54) is 34.9 Å². The van der Waals surface area contributed by atoms with Crippen LogP contribution in [0.5, 0.6) is 0 Å². The lowest BCUT2D eigenvalue weighted by molar-refractivity contribution is -0.113. The predicted molar refractivity (Wildman–Crippen MR) is 127 cm³/mol. The van der Waals surface area contributed by atoms with Crippen LogP contribution in [0.15, 0.2) is 29.4 Å². The second kappa shape index (κ2) is 9.74. The number of hydrogen-bond acceptors (Lipinski definition) is 8. The van der Waals surface area contributed by atoms with Crippen molar-refractivity contribution in [3.63, 3.8) is 0 Å². The van der Waals surface area contributed by atoms with E-state index in [2.05, 4.69) is 15.5 Å². The number of rotatable bonds is 6. The predicted octanol–water partition coefficient (Wildman–Crippen LogP) is 3.82. The fourth-order valence-electron chi connectivity index (χ4n) is 3.72. The number of anilines is 1. The summed E-state index contributed by atoms with van der Waals surface area (Å²) in [6.45, 7) is 2.01. The number of esters is 1. The van der Waals surface area contributed by atoms with E-state index >= 15 is 0 Å². The number of thiophene rings is 1. The molecule has 0 spiro atoms. The summed E-state index contributed by atoms with van der Waals surface area (Å²) in [5.74, 6) is 6.13. The minimum absolute atomic E-state index is 0.0897. The number of nitrogens with two attached hydrogens (primary N) is 1. The van der Waals surface area contributed by atoms with Gasteiger partial charge in [-0.25, -0.2) is 9.47 Å². The van der Waals surface area contributed by atoms with E-state index in [1.54, 1.807) is 0 Å². The Morgan fingerprint density at radius 3 is 2.69 bits per heavy atom. The lowest BCUT2D eigenvalue weighted by Crippen LogP contribution is -2.17. The minimum atomic E-state index is -0.406. The minimum Gasteiger partial charge on any atom is -0.465 e. The van der Waals surface area contributed by atoms with E-state index in [0.29, 0.717) is 21.5 Å². The molecule has 0 aliphatic heterocycles. The Balaban J connectivity index is 1.46. The summed E-state index contributed by atoms with van der Waals surface area (Å²) in [5.41, 5.74) is 3.51. The average molecular weight is 472 g/mol. The van der Waals surface area contributed by atoms with E-state index in [1.807, 2.05) is 31.2 Å². The molecule has 1 amide bonds. The molecule has 3 N–H and O–H groups in total. The van der Waals surface area contributed by atoms with Crippen LogP contribution < -0.4 is 11.2 Å². The lowest BCUT2D eigenvalue weighted by atomic mass is 10.1. The number of nitrogens with one attached hydrogen (secondary N) is 1. The summed E-state index contributed by atoms with van der Waals surface area (Å²) in [5, 5.41) is 12.2. The van der Waals surface area contributed by atoms with Crippen molar-refractivity contribution in [3.8, 4) is 11.4 Å². The third-order valence-corrected chi connectivity index (χ3v) is 7.52. The molecule has 10 heteroatoms. The second-order valence-electron chi connectivity index (χ2n) is 7.64. The molecule has 32 heavy (non-hydrogen) atoms. The summed E-state index contributed by atoms with van der Waals surface area (Å²) in [7, 11) is 1.37. The van der Waals surface area contributed by atoms with Crippen LogP contribution in [0.2, 0.25) is 0 Å². The summed E-state index contributed by atoms with van der Waals surface area (Å²) < 4.78 is 6.38. The van der Waals surface area contributed by atoms with Crippen LogP contribution in [0.1, 0.15) is 45.6 Å². The number of hydrogen-bond donors (Lipinski definition) is 2. The Labute approximate surface area is 194 Å². The number of benzene rings is 1. The second-order valence-corrected chi connectivity index (χ2v) is 9.69. The Morgan fingerprint density at radius 1 is 1.19 bits per heavy atom. The van der Waals surface area contributed by atoms with Gasteiger partial charge < -0.3 is 15.9 Å². The van der Waals surface area contributed by atoms with Gasteiger partial charge in [0.2, 0.25) is 11.1 Å². The van der Waals surface area contributed by atoms with Gasteiger partial charge in [-0.3, -0.25) is 4.79 Å². The van der Waals surface area contributed by atoms with Crippen LogP contribution in [-0.4, -0.2) is 39.6 Å². The number of fused-ring (bicyclic) bond motifs is 1. The first kappa shape index (κ1) is 22.3. The largest absolute Gasteiger partial charge is 0.465 e. The van der Waals surface area contributed by atoms with Gasteiger partial charge in [-0.05, 0) is 38.2 Å². The van der Waals surface area contributed by atoms with Crippen LogP contribution in [0.4, 0.5) is 5.00 Å². The van der Waals surface area contributed by atoms with Crippen molar-refractivity contribution in [1.82, 2.24) is 14.9 Å². The zero-order valence-corrected chi connectivity index (χ0v) is 19.6. The molecule has 0 radical (unpaired) electrons. The molecule has 3 aromatic rings. The van der Waals surface area contributed by atoms with Crippen LogP contribution >= 0.6 is 23.1 Å². The van der Waals surface area contributed by atoms with E-state index in [9.17, 15) is 9.59 Å². The molecular weight excluding hydrogens is 446 g/mol. The number of amides is 1. The number of nitrogen functional groups attached to an aromatic ring is 1. The number of carbonyl (C=O) groups excluding carboxylic acids is 2. The van der Waals surface area contributed by atoms with Gasteiger partial charge in [0, 0.05) is 10.4 Å². The van der Waals surface area contributed by atoms with Gasteiger partial charge in [0.25, 0.3) is 0 Å². The maximum absolute atomic E-state index is 12.7. The summed E-state index contributed by atoms with van der Waals surface area (Å²) in [6, 6.07) is 7.82. The molecule has 0 bridgehead atoms. The highest BCUT2D eigenvalue weighted by molar-refractivity contribution is 7.99. The molecule has 2 aromatic heterocycles. The zero-order chi connectivity index (χ0) is 22.7. The number of ether oxygens (including phenoxy) is 1. The van der Waals surface area contributed by atoms with E-state index < -0.39 is 5.97 Å². The standard InChI is InChI=1S/C22H25N5O3S2/c1-13-8-10-14(11-9-13)19-25-26-22(27(19)23)31-12-17(28)24-20-18(21(29)30-2)15-6-4-3-5-7-16(15)32-20/h8-11H,3-7,12,23H2,1-2H3,(H,24,28). The maximum atomic E-state index is 12.7. The van der Waals surface area contributed by atoms with E-state index in [0.717, 1.165) is 53.7 Å². The zero-order valence-electron chi connectivity index (χ0n) is 18.0. The van der Waals surface area contributed by atoms with Gasteiger partial charge in [-0.15, -0.1) is 21.5 Å². The number of carbonyl (C=O) groups is 2. The summed E-state index contributed by atoms with van der Waals surface area (Å²) in [4.78, 5) is 26.3. The Morgan fingerprint density at radius 2 is 1.94 bits per heavy atom. The third kappa shape index (κ3) is 4.66. The Bertz CT molecular complexity index is 1140. The molecule has 0 saturated heterocycles. The first-order valence-corrected chi connectivity index (χ1v) is 12.2. The van der Waals surface area contributed by atoms with Crippen molar-refractivity contribution in [1.29, 1.82) is 0 Å². The molecule has 0 unspecified atom stereocenters. The molecule has 0 fully saturated rings. The molecule has 1 aliphatic carbocycles. The first-order valence-electron chi connectivity index (χ1n) is 10.4. The van der Waals surface area contributed by atoms with Crippen molar-refractivity contribution >= 4 is 40.0 Å². The molecule has 168 valence electrons. The molecule has 1 aliphatic rings. The van der Waals surface area contributed by atoms with E-state index in [4.69, 9.17) is 10.6 Å². The molecule has 2 heterocycles. The van der Waals surface area contributed by atoms with Crippen LogP contribution in [0.3, 0.4) is 0 Å². The number of methoxy groups -OCH3 is 1. The van der Waals surface area contributed by atoms with E-state index in [-0.39, 0.29) is 11.7 Å². The van der Waals surface area contributed by atoms with Crippen molar-refractivity contribution in [2.75, 3.05) is 24.0 Å². The first-order chi connectivity index (χ1) is 15.5. The SMILES string of the molecule is COC(=O)c1c(NC(=O)CSc2nnc(-c3ccc(C)cc3)n2N)sc2c1CCCCC2. The summed E-state index contributed by atoms with van der Waals surface area (Å²) >= 11 is 2.67. The van der Waals surface area contributed by atoms with Crippen molar-refractivity contribution in [2.45, 2.75) is 44.2 Å². The monoisotopic (exact) mass is 471 g/mol. The molecule has 0 saturated carbocycles. The van der Waals surface area contributed by atoms with Crippen molar-refractivity contribution in [2.24, 2.45) is 0 Å². The van der Waals surface area contributed by atoms with Crippen LogP contribution in [0, 0.1) is 6.92 Å². The van der Waals surface area contributed by atoms with Crippen molar-refractivity contribution < 1.29 is 14.3 Å². The number of aryl methyl sites for hydroxylation is 2.